The molecule has 0 bridgehead atoms. The molecule has 2 N–H and O–H groups in total. The summed E-state index contributed by atoms with van der Waals surface area (Å²) in [5.74, 6) is 0.701. The minimum Gasteiger partial charge on any atom is -0.211 e. The molecule has 6 nitrogen and oxygen atoms in total. The molecule has 0 aliphatic carbocycles. The fraction of sp³-hybridized carbons (Fsp3) is 0.455. The molecule has 2 aromatic carbocycles. The summed E-state index contributed by atoms with van der Waals surface area (Å²) in [6.45, 7) is 8.97. The number of sulfonamides is 2. The topological polar surface area (TPSA) is 92.3 Å². The van der Waals surface area contributed by atoms with Crippen molar-refractivity contribution in [2.75, 3.05) is 13.1 Å². The molecule has 0 spiro atoms. The summed E-state index contributed by atoms with van der Waals surface area (Å²) in [6, 6.07) is 11.3. The van der Waals surface area contributed by atoms with Crippen LogP contribution in [0.1, 0.15) is 36.1 Å². The summed E-state index contributed by atoms with van der Waals surface area (Å²) in [7, 11) is -6.57. The third-order valence-electron chi connectivity index (χ3n) is 5.40. The molecule has 4 rings (SSSR count). The van der Waals surface area contributed by atoms with Gasteiger partial charge in [0.15, 0.2) is 0 Å². The predicted molar refractivity (Wildman–Crippen MR) is 118 cm³/mol. The highest BCUT2D eigenvalue weighted by molar-refractivity contribution is 7.89. The van der Waals surface area contributed by atoms with Crippen LogP contribution in [0.4, 0.5) is 0 Å². The Hall–Kier alpha value is -1.74. The zero-order valence-corrected chi connectivity index (χ0v) is 19.5. The fourth-order valence-corrected chi connectivity index (χ4v) is 6.71. The van der Waals surface area contributed by atoms with Gasteiger partial charge in [-0.15, -0.1) is 0 Å². The molecule has 164 valence electrons. The zero-order chi connectivity index (χ0) is 22.1. The molecule has 0 saturated carbocycles. The maximum Gasteiger partial charge on any atom is 0.240 e. The Morgan fingerprint density at radius 1 is 0.700 bits per heavy atom. The number of rotatable bonds is 0. The van der Waals surface area contributed by atoms with Gasteiger partial charge < -0.3 is 0 Å². The van der Waals surface area contributed by atoms with Crippen LogP contribution in [-0.4, -0.2) is 29.9 Å². The van der Waals surface area contributed by atoms with Gasteiger partial charge in [0, 0.05) is 13.1 Å². The van der Waals surface area contributed by atoms with E-state index in [-0.39, 0.29) is 0 Å². The average Bonchev–Trinajstić information content (AvgIpc) is 2.86. The molecular weight excluding hydrogens is 420 g/mol. The van der Waals surface area contributed by atoms with Crippen LogP contribution in [0.2, 0.25) is 0 Å². The summed E-state index contributed by atoms with van der Waals surface area (Å²) in [4.78, 5) is 0.902. The van der Waals surface area contributed by atoms with Gasteiger partial charge in [-0.25, -0.2) is 26.3 Å². The van der Waals surface area contributed by atoms with Crippen LogP contribution in [0.15, 0.2) is 46.2 Å². The SMILES string of the molecule is Cc1ccc2c(c1)S(=O)(=O)NC[C@@H](C)C2.Cc1ccc2c(c1)S(=O)(=O)NC[C@H](C)C2. The lowest BCUT2D eigenvalue weighted by Crippen LogP contribution is -2.26. The second-order valence-corrected chi connectivity index (χ2v) is 12.0. The van der Waals surface area contributed by atoms with Crippen molar-refractivity contribution < 1.29 is 16.8 Å². The van der Waals surface area contributed by atoms with E-state index in [1.807, 2.05) is 38.1 Å². The van der Waals surface area contributed by atoms with E-state index in [9.17, 15) is 16.8 Å². The molecule has 30 heavy (non-hydrogen) atoms. The molecule has 2 aliphatic heterocycles. The van der Waals surface area contributed by atoms with Crippen molar-refractivity contribution in [2.24, 2.45) is 11.8 Å². The third-order valence-corrected chi connectivity index (χ3v) is 8.42. The Kier molecular flexibility index (Phi) is 6.72. The van der Waals surface area contributed by atoms with Gasteiger partial charge >= 0.3 is 0 Å². The quantitative estimate of drug-likeness (QED) is 0.645. The summed E-state index contributed by atoms with van der Waals surface area (Å²) < 4.78 is 52.8. The van der Waals surface area contributed by atoms with E-state index in [2.05, 4.69) is 23.3 Å². The van der Waals surface area contributed by atoms with Gasteiger partial charge in [-0.05, 0) is 72.9 Å². The number of nitrogens with one attached hydrogen (secondary N) is 2. The van der Waals surface area contributed by atoms with Crippen molar-refractivity contribution in [3.05, 3.63) is 58.7 Å². The largest absolute Gasteiger partial charge is 0.240 e. The normalized spacial score (nSPS) is 24.3. The van der Waals surface area contributed by atoms with Crippen LogP contribution in [0.25, 0.3) is 0 Å². The molecule has 0 fully saturated rings. The van der Waals surface area contributed by atoms with Crippen molar-refractivity contribution in [3.8, 4) is 0 Å². The van der Waals surface area contributed by atoms with E-state index in [1.54, 1.807) is 12.1 Å². The standard InChI is InChI=1S/2C11H15NO2S/c2*1-8-3-4-10-5-9(2)7-12-15(13,14)11(10)6-8/h2*3-4,6,9,12H,5,7H2,1-2H3/t2*9-/m10/s1. The number of fused-ring (bicyclic) bond motifs is 2. The lowest BCUT2D eigenvalue weighted by Gasteiger charge is -2.07. The second-order valence-electron chi connectivity index (χ2n) is 8.54. The molecule has 8 heteroatoms. The fourth-order valence-electron chi connectivity index (χ4n) is 3.72. The molecule has 0 saturated heterocycles. The van der Waals surface area contributed by atoms with Gasteiger partial charge in [0.1, 0.15) is 0 Å². The third kappa shape index (κ3) is 5.29. The van der Waals surface area contributed by atoms with Gasteiger partial charge in [-0.2, -0.15) is 0 Å². The molecule has 2 atom stereocenters. The Morgan fingerprint density at radius 3 is 1.43 bits per heavy atom. The number of hydrogen-bond acceptors (Lipinski definition) is 4. The molecule has 0 amide bonds. The monoisotopic (exact) mass is 450 g/mol. The van der Waals surface area contributed by atoms with E-state index < -0.39 is 20.0 Å². The minimum atomic E-state index is -3.28. The Bertz CT molecular complexity index is 1050. The van der Waals surface area contributed by atoms with E-state index in [0.717, 1.165) is 35.1 Å². The lowest BCUT2D eigenvalue weighted by molar-refractivity contribution is 0.551. The molecule has 2 aliphatic rings. The van der Waals surface area contributed by atoms with Crippen molar-refractivity contribution in [3.63, 3.8) is 0 Å². The first-order chi connectivity index (χ1) is 14.0. The Labute approximate surface area is 180 Å². The molecule has 2 aromatic rings. The van der Waals surface area contributed by atoms with Gasteiger partial charge in [-0.3, -0.25) is 0 Å². The summed E-state index contributed by atoms with van der Waals surface area (Å²) >= 11 is 0. The highest BCUT2D eigenvalue weighted by Gasteiger charge is 2.25. The molecule has 0 radical (unpaired) electrons. The Morgan fingerprint density at radius 2 is 1.07 bits per heavy atom. The van der Waals surface area contributed by atoms with Gasteiger partial charge in [0.25, 0.3) is 0 Å². The predicted octanol–water partition coefficient (Wildman–Crippen LogP) is 2.93. The van der Waals surface area contributed by atoms with E-state index >= 15 is 0 Å². The first kappa shape index (κ1) is 22.9. The van der Waals surface area contributed by atoms with E-state index in [0.29, 0.717) is 34.7 Å². The van der Waals surface area contributed by atoms with Crippen LogP contribution < -0.4 is 9.44 Å². The Balaban J connectivity index is 0.000000171. The van der Waals surface area contributed by atoms with Crippen LogP contribution in [0.5, 0.6) is 0 Å². The van der Waals surface area contributed by atoms with E-state index in [4.69, 9.17) is 0 Å². The molecule has 2 heterocycles. The zero-order valence-electron chi connectivity index (χ0n) is 17.9. The van der Waals surface area contributed by atoms with E-state index in [1.165, 1.54) is 0 Å². The number of aryl methyl sites for hydroxylation is 2. The first-order valence-electron chi connectivity index (χ1n) is 10.2. The van der Waals surface area contributed by atoms with Crippen molar-refractivity contribution in [2.45, 2.75) is 50.3 Å². The molecule has 0 unspecified atom stereocenters. The summed E-state index contributed by atoms with van der Waals surface area (Å²) in [5.41, 5.74) is 3.82. The van der Waals surface area contributed by atoms with Crippen LogP contribution in [0, 0.1) is 25.7 Å². The van der Waals surface area contributed by atoms with Crippen molar-refractivity contribution >= 4 is 20.0 Å². The minimum absolute atomic E-state index is 0.351. The van der Waals surface area contributed by atoms with Crippen LogP contribution >= 0.6 is 0 Å². The number of hydrogen-bond donors (Lipinski definition) is 2. The van der Waals surface area contributed by atoms with Crippen LogP contribution in [0.3, 0.4) is 0 Å². The first-order valence-corrected chi connectivity index (χ1v) is 13.1. The molecule has 0 aromatic heterocycles. The lowest BCUT2D eigenvalue weighted by atomic mass is 10.0. The number of benzene rings is 2. The average molecular weight is 451 g/mol. The second kappa shape index (κ2) is 8.78. The smallest absolute Gasteiger partial charge is 0.211 e. The summed E-state index contributed by atoms with van der Waals surface area (Å²) in [6.07, 6.45) is 1.64. The van der Waals surface area contributed by atoms with Gasteiger partial charge in [-0.1, -0.05) is 38.1 Å². The maximum atomic E-state index is 11.9. The molecular formula is C22H30N2O4S2. The highest BCUT2D eigenvalue weighted by atomic mass is 32.2. The van der Waals surface area contributed by atoms with Crippen molar-refractivity contribution in [1.82, 2.24) is 9.44 Å². The highest BCUT2D eigenvalue weighted by Crippen LogP contribution is 2.24. The van der Waals surface area contributed by atoms with Crippen LogP contribution in [-0.2, 0) is 32.9 Å². The van der Waals surface area contributed by atoms with Gasteiger partial charge in [0.05, 0.1) is 9.79 Å². The summed E-state index contributed by atoms with van der Waals surface area (Å²) in [5, 5.41) is 0. The maximum absolute atomic E-state index is 11.9. The van der Waals surface area contributed by atoms with Gasteiger partial charge in [0.2, 0.25) is 20.0 Å². The van der Waals surface area contributed by atoms with Crippen molar-refractivity contribution in [1.29, 1.82) is 0 Å².